The third-order valence-corrected chi connectivity index (χ3v) is 2.29. The van der Waals surface area contributed by atoms with E-state index in [1.165, 1.54) is 0 Å². The summed E-state index contributed by atoms with van der Waals surface area (Å²) >= 11 is 3.35. The Morgan fingerprint density at radius 2 is 2.07 bits per heavy atom. The smallest absolute Gasteiger partial charge is 0.172 e. The molecule has 2 N–H and O–H groups in total. The molecule has 4 heteroatoms. The highest BCUT2D eigenvalue weighted by Gasteiger charge is 2.01. The lowest BCUT2D eigenvalue weighted by molar-refractivity contribution is 0.317. The topological polar surface area (TPSA) is 44.6 Å². The van der Waals surface area contributed by atoms with Gasteiger partial charge in [0.2, 0.25) is 0 Å². The van der Waals surface area contributed by atoms with Crippen molar-refractivity contribution < 1.29 is 5.21 Å². The van der Waals surface area contributed by atoms with E-state index >= 15 is 0 Å². The van der Waals surface area contributed by atoms with Crippen LogP contribution in [0.2, 0.25) is 0 Å². The second-order valence-electron chi connectivity index (χ2n) is 2.88. The molecule has 0 bridgehead atoms. The molecule has 0 radical (unpaired) electrons. The molecule has 0 atom stereocenters. The summed E-state index contributed by atoms with van der Waals surface area (Å²) in [6, 6.07) is 7.60. The molecule has 14 heavy (non-hydrogen) atoms. The average molecular weight is 257 g/mol. The van der Waals surface area contributed by atoms with Gasteiger partial charge in [-0.2, -0.15) is 0 Å². The van der Waals surface area contributed by atoms with Crippen molar-refractivity contribution in [1.82, 2.24) is 5.32 Å². The molecule has 0 aliphatic heterocycles. The predicted octanol–water partition coefficient (Wildman–Crippen LogP) is 2.58. The maximum atomic E-state index is 8.79. The maximum Gasteiger partial charge on any atom is 0.172 e. The fourth-order valence-corrected chi connectivity index (χ4v) is 1.31. The summed E-state index contributed by atoms with van der Waals surface area (Å²) in [5, 5.41) is 15.0. The molecule has 0 aromatic heterocycles. The zero-order chi connectivity index (χ0) is 10.4. The molecular formula is C10H13BrN2O. The van der Waals surface area contributed by atoms with E-state index in [9.17, 15) is 0 Å². The lowest BCUT2D eigenvalue weighted by Crippen LogP contribution is -2.25. The minimum absolute atomic E-state index is 0.513. The number of halogens is 1. The van der Waals surface area contributed by atoms with Gasteiger partial charge in [0.1, 0.15) is 0 Å². The molecule has 0 saturated carbocycles. The largest absolute Gasteiger partial charge is 0.409 e. The first-order chi connectivity index (χ1) is 6.77. The first-order valence-corrected chi connectivity index (χ1v) is 5.29. The quantitative estimate of drug-likeness (QED) is 0.378. The van der Waals surface area contributed by atoms with E-state index in [-0.39, 0.29) is 0 Å². The number of rotatable bonds is 3. The molecule has 0 aliphatic rings. The summed E-state index contributed by atoms with van der Waals surface area (Å²) in [4.78, 5) is 0. The summed E-state index contributed by atoms with van der Waals surface area (Å²) in [7, 11) is 0. The number of nitrogens with one attached hydrogen (secondary N) is 1. The number of hydrogen-bond acceptors (Lipinski definition) is 2. The first-order valence-electron chi connectivity index (χ1n) is 4.49. The number of amidine groups is 1. The molecule has 1 aromatic rings. The Kier molecular flexibility index (Phi) is 4.46. The molecule has 0 fully saturated rings. The Morgan fingerprint density at radius 3 is 2.57 bits per heavy atom. The molecule has 0 saturated heterocycles. The molecule has 76 valence electrons. The van der Waals surface area contributed by atoms with E-state index in [0.29, 0.717) is 5.84 Å². The summed E-state index contributed by atoms with van der Waals surface area (Å²) in [5.41, 5.74) is 0.879. The van der Waals surface area contributed by atoms with Crippen molar-refractivity contribution >= 4 is 21.8 Å². The monoisotopic (exact) mass is 256 g/mol. The van der Waals surface area contributed by atoms with Crippen molar-refractivity contribution in [1.29, 1.82) is 0 Å². The third-order valence-electron chi connectivity index (χ3n) is 1.76. The normalized spacial score (nSPS) is 11.4. The highest BCUT2D eigenvalue weighted by molar-refractivity contribution is 9.10. The molecule has 0 spiro atoms. The van der Waals surface area contributed by atoms with Gasteiger partial charge in [-0.15, -0.1) is 0 Å². The van der Waals surface area contributed by atoms with Gasteiger partial charge in [0.05, 0.1) is 0 Å². The van der Waals surface area contributed by atoms with Crippen LogP contribution in [0.15, 0.2) is 33.9 Å². The van der Waals surface area contributed by atoms with E-state index in [0.717, 1.165) is 23.0 Å². The van der Waals surface area contributed by atoms with Crippen LogP contribution >= 0.6 is 15.9 Å². The highest BCUT2D eigenvalue weighted by atomic mass is 79.9. The van der Waals surface area contributed by atoms with Gasteiger partial charge in [-0.05, 0) is 18.6 Å². The predicted molar refractivity (Wildman–Crippen MR) is 60.8 cm³/mol. The Hall–Kier alpha value is -1.03. The van der Waals surface area contributed by atoms with Crippen LogP contribution in [0.1, 0.15) is 18.9 Å². The van der Waals surface area contributed by atoms with Crippen LogP contribution in [0.3, 0.4) is 0 Å². The Balaban J connectivity index is 2.75. The van der Waals surface area contributed by atoms with Gasteiger partial charge in [0, 0.05) is 16.6 Å². The Morgan fingerprint density at radius 1 is 1.43 bits per heavy atom. The molecule has 0 aliphatic carbocycles. The molecule has 3 nitrogen and oxygen atoms in total. The summed E-state index contributed by atoms with van der Waals surface area (Å²) < 4.78 is 1.01. The van der Waals surface area contributed by atoms with Crippen LogP contribution in [0, 0.1) is 0 Å². The van der Waals surface area contributed by atoms with Gasteiger partial charge < -0.3 is 10.5 Å². The number of oxime groups is 1. The van der Waals surface area contributed by atoms with Gasteiger partial charge in [-0.25, -0.2) is 0 Å². The highest BCUT2D eigenvalue weighted by Crippen LogP contribution is 2.10. The lowest BCUT2D eigenvalue weighted by atomic mass is 10.2. The van der Waals surface area contributed by atoms with Crippen LogP contribution < -0.4 is 5.32 Å². The minimum Gasteiger partial charge on any atom is -0.409 e. The van der Waals surface area contributed by atoms with Crippen LogP contribution in [-0.4, -0.2) is 17.6 Å². The molecule has 0 unspecified atom stereocenters. The van der Waals surface area contributed by atoms with E-state index < -0.39 is 0 Å². The Labute approximate surface area is 92.0 Å². The molecule has 1 aromatic carbocycles. The third kappa shape index (κ3) is 3.03. The summed E-state index contributed by atoms with van der Waals surface area (Å²) in [6.45, 7) is 2.86. The van der Waals surface area contributed by atoms with Gasteiger partial charge >= 0.3 is 0 Å². The van der Waals surface area contributed by atoms with Gasteiger partial charge in [0.25, 0.3) is 0 Å². The van der Waals surface area contributed by atoms with E-state index in [1.54, 1.807) is 0 Å². The SMILES string of the molecule is CCCNC(=NO)c1ccc(Br)cc1. The minimum atomic E-state index is 0.513. The van der Waals surface area contributed by atoms with Crippen LogP contribution in [0.5, 0.6) is 0 Å². The van der Waals surface area contributed by atoms with Crippen molar-refractivity contribution in [2.75, 3.05) is 6.54 Å². The van der Waals surface area contributed by atoms with Crippen molar-refractivity contribution in [3.8, 4) is 0 Å². The second-order valence-corrected chi connectivity index (χ2v) is 3.80. The van der Waals surface area contributed by atoms with E-state index in [1.807, 2.05) is 24.3 Å². The second kappa shape index (κ2) is 5.65. The average Bonchev–Trinajstić information content (AvgIpc) is 2.21. The van der Waals surface area contributed by atoms with E-state index in [2.05, 4.69) is 33.3 Å². The van der Waals surface area contributed by atoms with Crippen molar-refractivity contribution in [2.45, 2.75) is 13.3 Å². The lowest BCUT2D eigenvalue weighted by Gasteiger charge is -2.06. The Bertz CT molecular complexity index is 308. The first kappa shape index (κ1) is 11.0. The van der Waals surface area contributed by atoms with Gasteiger partial charge in [-0.1, -0.05) is 40.1 Å². The number of benzene rings is 1. The zero-order valence-electron chi connectivity index (χ0n) is 8.00. The molecular weight excluding hydrogens is 244 g/mol. The summed E-state index contributed by atoms with van der Waals surface area (Å²) in [5.74, 6) is 0.513. The summed E-state index contributed by atoms with van der Waals surface area (Å²) in [6.07, 6.45) is 0.996. The van der Waals surface area contributed by atoms with E-state index in [4.69, 9.17) is 5.21 Å². The number of hydrogen-bond donors (Lipinski definition) is 2. The maximum absolute atomic E-state index is 8.79. The fraction of sp³-hybridized carbons (Fsp3) is 0.300. The van der Waals surface area contributed by atoms with Crippen LogP contribution in [0.4, 0.5) is 0 Å². The standard InChI is InChI=1S/C10H13BrN2O/c1-2-7-12-10(13-14)8-3-5-9(11)6-4-8/h3-6,14H,2,7H2,1H3,(H,12,13). The van der Waals surface area contributed by atoms with Gasteiger partial charge in [-0.3, -0.25) is 0 Å². The molecule has 0 amide bonds. The number of nitrogens with zero attached hydrogens (tertiary/aromatic N) is 1. The van der Waals surface area contributed by atoms with Crippen LogP contribution in [-0.2, 0) is 0 Å². The molecule has 1 rings (SSSR count). The van der Waals surface area contributed by atoms with Crippen molar-refractivity contribution in [3.63, 3.8) is 0 Å². The van der Waals surface area contributed by atoms with Crippen molar-refractivity contribution in [2.24, 2.45) is 5.16 Å². The molecule has 0 heterocycles. The van der Waals surface area contributed by atoms with Crippen molar-refractivity contribution in [3.05, 3.63) is 34.3 Å². The fourth-order valence-electron chi connectivity index (χ4n) is 1.05. The van der Waals surface area contributed by atoms with Crippen LogP contribution in [0.25, 0.3) is 0 Å². The van der Waals surface area contributed by atoms with Gasteiger partial charge in [0.15, 0.2) is 5.84 Å². The zero-order valence-corrected chi connectivity index (χ0v) is 9.58.